The fourth-order valence-corrected chi connectivity index (χ4v) is 1.74. The van der Waals surface area contributed by atoms with Gasteiger partial charge < -0.3 is 10.0 Å². The quantitative estimate of drug-likeness (QED) is 0.827. The average molecular weight is 260 g/mol. The molecular formula is C11H12N6O2. The summed E-state index contributed by atoms with van der Waals surface area (Å²) in [6.45, 7) is 2.36. The van der Waals surface area contributed by atoms with Gasteiger partial charge in [-0.2, -0.15) is 9.90 Å². The van der Waals surface area contributed by atoms with Gasteiger partial charge in [-0.1, -0.05) is 0 Å². The van der Waals surface area contributed by atoms with Gasteiger partial charge in [-0.25, -0.2) is 14.8 Å². The van der Waals surface area contributed by atoms with E-state index in [2.05, 4.69) is 25.1 Å². The highest BCUT2D eigenvalue weighted by atomic mass is 16.4. The zero-order valence-electron chi connectivity index (χ0n) is 10.1. The van der Waals surface area contributed by atoms with Crippen LogP contribution in [0.5, 0.6) is 0 Å². The predicted octanol–water partition coefficient (Wildman–Crippen LogP) is 0.0247. The third-order valence-electron chi connectivity index (χ3n) is 2.91. The molecule has 0 amide bonds. The van der Waals surface area contributed by atoms with Crippen LogP contribution in [0, 0.1) is 0 Å². The van der Waals surface area contributed by atoms with Crippen LogP contribution in [0.2, 0.25) is 0 Å². The smallest absolute Gasteiger partial charge is 0.358 e. The summed E-state index contributed by atoms with van der Waals surface area (Å²) >= 11 is 0. The van der Waals surface area contributed by atoms with Gasteiger partial charge in [0.05, 0.1) is 12.7 Å². The molecule has 0 saturated carbocycles. The molecule has 1 saturated heterocycles. The number of carboxylic acid groups (broad SMARTS) is 1. The first-order valence-corrected chi connectivity index (χ1v) is 5.92. The second-order valence-corrected chi connectivity index (χ2v) is 4.30. The van der Waals surface area contributed by atoms with E-state index in [1.165, 1.54) is 17.4 Å². The number of nitrogens with zero attached hydrogens (tertiary/aromatic N) is 6. The fourth-order valence-electron chi connectivity index (χ4n) is 1.74. The Bertz CT molecular complexity index is 589. The Morgan fingerprint density at radius 1 is 1.26 bits per heavy atom. The third kappa shape index (κ3) is 2.37. The van der Waals surface area contributed by atoms with Crippen LogP contribution in [-0.2, 0) is 6.54 Å². The van der Waals surface area contributed by atoms with E-state index in [0.717, 1.165) is 24.6 Å². The topological polar surface area (TPSA) is 97.0 Å². The van der Waals surface area contributed by atoms with Crippen LogP contribution in [-0.4, -0.2) is 49.1 Å². The van der Waals surface area contributed by atoms with E-state index in [-0.39, 0.29) is 5.69 Å². The van der Waals surface area contributed by atoms with Crippen molar-refractivity contribution < 1.29 is 9.90 Å². The van der Waals surface area contributed by atoms with E-state index < -0.39 is 5.97 Å². The van der Waals surface area contributed by atoms with Gasteiger partial charge in [-0.3, -0.25) is 0 Å². The van der Waals surface area contributed by atoms with Gasteiger partial charge in [0, 0.05) is 31.0 Å². The SMILES string of the molecule is O=C(O)c1cnn(Cc2cnc(N3CCC3)nc2)n1. The Hall–Kier alpha value is -2.51. The lowest BCUT2D eigenvalue weighted by molar-refractivity contribution is 0.0689. The van der Waals surface area contributed by atoms with Crippen LogP contribution < -0.4 is 4.90 Å². The lowest BCUT2D eigenvalue weighted by Crippen LogP contribution is -2.38. The molecule has 2 aromatic heterocycles. The van der Waals surface area contributed by atoms with Crippen molar-refractivity contribution in [2.24, 2.45) is 0 Å². The molecule has 1 aliphatic rings. The van der Waals surface area contributed by atoms with Crippen LogP contribution in [0.1, 0.15) is 22.5 Å². The van der Waals surface area contributed by atoms with Crippen molar-refractivity contribution in [1.82, 2.24) is 25.0 Å². The van der Waals surface area contributed by atoms with Crippen molar-refractivity contribution in [1.29, 1.82) is 0 Å². The van der Waals surface area contributed by atoms with Crippen molar-refractivity contribution in [3.63, 3.8) is 0 Å². The van der Waals surface area contributed by atoms with Crippen molar-refractivity contribution in [3.05, 3.63) is 29.8 Å². The molecule has 19 heavy (non-hydrogen) atoms. The Morgan fingerprint density at radius 2 is 2.00 bits per heavy atom. The maximum absolute atomic E-state index is 10.7. The maximum atomic E-state index is 10.7. The number of carbonyl (C=O) groups is 1. The molecule has 0 aliphatic carbocycles. The number of hydrogen-bond donors (Lipinski definition) is 1. The highest BCUT2D eigenvalue weighted by molar-refractivity contribution is 5.84. The minimum atomic E-state index is -1.09. The Balaban J connectivity index is 1.69. The number of aromatic nitrogens is 5. The van der Waals surface area contributed by atoms with Crippen molar-refractivity contribution in [2.45, 2.75) is 13.0 Å². The highest BCUT2D eigenvalue weighted by Crippen LogP contribution is 2.14. The summed E-state index contributed by atoms with van der Waals surface area (Å²) in [7, 11) is 0. The summed E-state index contributed by atoms with van der Waals surface area (Å²) in [5, 5.41) is 16.5. The van der Waals surface area contributed by atoms with Gasteiger partial charge in [0.25, 0.3) is 0 Å². The summed E-state index contributed by atoms with van der Waals surface area (Å²) in [6.07, 6.45) is 5.83. The van der Waals surface area contributed by atoms with Crippen LogP contribution in [0.4, 0.5) is 5.95 Å². The first-order valence-electron chi connectivity index (χ1n) is 5.92. The molecule has 3 heterocycles. The Morgan fingerprint density at radius 3 is 2.53 bits per heavy atom. The molecule has 2 aromatic rings. The van der Waals surface area contributed by atoms with Gasteiger partial charge >= 0.3 is 5.97 Å². The number of anilines is 1. The zero-order valence-corrected chi connectivity index (χ0v) is 10.1. The van der Waals surface area contributed by atoms with Gasteiger partial charge in [-0.05, 0) is 6.42 Å². The van der Waals surface area contributed by atoms with E-state index in [1.807, 2.05) is 0 Å². The van der Waals surface area contributed by atoms with E-state index in [1.54, 1.807) is 12.4 Å². The molecule has 3 rings (SSSR count). The summed E-state index contributed by atoms with van der Waals surface area (Å²) in [6, 6.07) is 0. The maximum Gasteiger partial charge on any atom is 0.358 e. The molecule has 1 N–H and O–H groups in total. The average Bonchev–Trinajstić information content (AvgIpc) is 2.78. The monoisotopic (exact) mass is 260 g/mol. The summed E-state index contributed by atoms with van der Waals surface area (Å²) in [5.41, 5.74) is 0.759. The third-order valence-corrected chi connectivity index (χ3v) is 2.91. The molecule has 1 fully saturated rings. The Kier molecular flexibility index (Phi) is 2.82. The van der Waals surface area contributed by atoms with Crippen molar-refractivity contribution >= 4 is 11.9 Å². The lowest BCUT2D eigenvalue weighted by Gasteiger charge is -2.30. The van der Waals surface area contributed by atoms with Crippen LogP contribution >= 0.6 is 0 Å². The van der Waals surface area contributed by atoms with E-state index >= 15 is 0 Å². The highest BCUT2D eigenvalue weighted by Gasteiger charge is 2.16. The van der Waals surface area contributed by atoms with Crippen molar-refractivity contribution in [3.8, 4) is 0 Å². The predicted molar refractivity (Wildman–Crippen MR) is 64.9 cm³/mol. The van der Waals surface area contributed by atoms with Gasteiger partial charge in [0.2, 0.25) is 5.95 Å². The molecule has 8 nitrogen and oxygen atoms in total. The molecule has 0 unspecified atom stereocenters. The summed E-state index contributed by atoms with van der Waals surface area (Å²) < 4.78 is 0. The van der Waals surface area contributed by atoms with Crippen molar-refractivity contribution in [2.75, 3.05) is 18.0 Å². The van der Waals surface area contributed by atoms with Gasteiger partial charge in [0.15, 0.2) is 5.69 Å². The molecule has 0 bridgehead atoms. The Labute approximate surface area is 108 Å². The minimum absolute atomic E-state index is 0.0712. The molecular weight excluding hydrogens is 248 g/mol. The van der Waals surface area contributed by atoms with E-state index in [9.17, 15) is 4.79 Å². The molecule has 0 aromatic carbocycles. The molecule has 0 atom stereocenters. The first kappa shape index (κ1) is 11.6. The zero-order chi connectivity index (χ0) is 13.2. The second kappa shape index (κ2) is 4.63. The van der Waals surface area contributed by atoms with Crippen LogP contribution in [0.25, 0.3) is 0 Å². The van der Waals surface area contributed by atoms with Gasteiger partial charge in [0.1, 0.15) is 0 Å². The number of carboxylic acids is 1. The normalized spacial score (nSPS) is 14.2. The first-order chi connectivity index (χ1) is 9.22. The van der Waals surface area contributed by atoms with Gasteiger partial charge in [-0.15, -0.1) is 5.10 Å². The summed E-state index contributed by atoms with van der Waals surface area (Å²) in [4.78, 5) is 22.6. The van der Waals surface area contributed by atoms with Crippen LogP contribution in [0.3, 0.4) is 0 Å². The molecule has 8 heteroatoms. The minimum Gasteiger partial charge on any atom is -0.476 e. The molecule has 1 aliphatic heterocycles. The van der Waals surface area contributed by atoms with Crippen LogP contribution in [0.15, 0.2) is 18.6 Å². The molecule has 98 valence electrons. The molecule has 0 spiro atoms. The number of hydrogen-bond acceptors (Lipinski definition) is 6. The van der Waals surface area contributed by atoms with E-state index in [0.29, 0.717) is 6.54 Å². The number of aromatic carboxylic acids is 1. The number of rotatable bonds is 4. The standard InChI is InChI=1S/C11H12N6O2/c18-10(19)9-6-14-17(15-9)7-8-4-12-11(13-5-8)16-2-1-3-16/h4-6H,1-3,7H2,(H,18,19). The molecule has 0 radical (unpaired) electrons. The second-order valence-electron chi connectivity index (χ2n) is 4.30. The summed E-state index contributed by atoms with van der Waals surface area (Å²) in [5.74, 6) is -0.356. The van der Waals surface area contributed by atoms with E-state index in [4.69, 9.17) is 5.11 Å². The fraction of sp³-hybridized carbons (Fsp3) is 0.364. The largest absolute Gasteiger partial charge is 0.476 e. The lowest BCUT2D eigenvalue weighted by atomic mass is 10.2.